The van der Waals surface area contributed by atoms with Crippen LogP contribution in [0.5, 0.6) is 0 Å². The number of para-hydroxylation sites is 1. The second-order valence-corrected chi connectivity index (χ2v) is 7.46. The smallest absolute Gasteiger partial charge is 0.266 e. The number of anilines is 1. The molecule has 8 heteroatoms. The molecule has 2 aromatic carbocycles. The van der Waals surface area contributed by atoms with Gasteiger partial charge < -0.3 is 14.6 Å². The zero-order valence-corrected chi connectivity index (χ0v) is 17.2. The molecule has 0 aliphatic carbocycles. The van der Waals surface area contributed by atoms with Gasteiger partial charge in [-0.25, -0.2) is 0 Å². The lowest BCUT2D eigenvalue weighted by molar-refractivity contribution is -0.118. The molecule has 1 amide bonds. The zero-order chi connectivity index (χ0) is 20.5. The highest BCUT2D eigenvalue weighted by atomic mass is 35.5. The number of carbonyl (C=O) groups is 1. The molecule has 144 valence electrons. The quantitative estimate of drug-likeness (QED) is 0.522. The second kappa shape index (κ2) is 7.88. The van der Waals surface area contributed by atoms with Crippen molar-refractivity contribution in [3.63, 3.8) is 0 Å². The van der Waals surface area contributed by atoms with Gasteiger partial charge in [-0.1, -0.05) is 41.4 Å². The Morgan fingerprint density at radius 1 is 1.07 bits per heavy atom. The predicted octanol–water partition coefficient (Wildman–Crippen LogP) is 5.55. The highest BCUT2D eigenvalue weighted by Crippen LogP contribution is 2.38. The average molecular weight is 442 g/mol. The first-order chi connectivity index (χ1) is 14.0. The Morgan fingerprint density at radius 2 is 1.83 bits per heavy atom. The van der Waals surface area contributed by atoms with Crippen LogP contribution in [-0.4, -0.2) is 5.91 Å². The number of carbonyl (C=O) groups excluding carboxylic acids is 1. The van der Waals surface area contributed by atoms with Crippen molar-refractivity contribution in [1.82, 2.24) is 5.32 Å². The second-order valence-electron chi connectivity index (χ2n) is 6.22. The molecule has 1 aliphatic heterocycles. The van der Waals surface area contributed by atoms with Crippen LogP contribution in [0.2, 0.25) is 10.0 Å². The summed E-state index contributed by atoms with van der Waals surface area (Å²) in [6.07, 6.45) is -0.675. The summed E-state index contributed by atoms with van der Waals surface area (Å²) in [6, 6.07) is 20.0. The van der Waals surface area contributed by atoms with E-state index in [-0.39, 0.29) is 10.6 Å². The van der Waals surface area contributed by atoms with Gasteiger partial charge in [-0.3, -0.25) is 4.79 Å². The molecule has 29 heavy (non-hydrogen) atoms. The molecular weight excluding hydrogens is 429 g/mol. The Hall–Kier alpha value is -2.85. The molecule has 5 nitrogen and oxygen atoms in total. The Labute approximate surface area is 182 Å². The minimum Gasteiger partial charge on any atom is -0.457 e. The fourth-order valence-electron chi connectivity index (χ4n) is 3.07. The molecule has 1 aliphatic rings. The third kappa shape index (κ3) is 3.60. The number of nitrogens with zero attached hydrogens (tertiary/aromatic N) is 2. The van der Waals surface area contributed by atoms with Crippen molar-refractivity contribution in [2.75, 3.05) is 4.90 Å². The van der Waals surface area contributed by atoms with Crippen molar-refractivity contribution in [3.8, 4) is 17.4 Å². The molecule has 1 aromatic heterocycles. The van der Waals surface area contributed by atoms with Gasteiger partial charge in [0.25, 0.3) is 5.91 Å². The van der Waals surface area contributed by atoms with E-state index >= 15 is 0 Å². The van der Waals surface area contributed by atoms with Gasteiger partial charge in [-0.05, 0) is 42.5 Å². The minimum absolute atomic E-state index is 0.0651. The van der Waals surface area contributed by atoms with E-state index in [9.17, 15) is 10.1 Å². The monoisotopic (exact) mass is 441 g/mol. The summed E-state index contributed by atoms with van der Waals surface area (Å²) < 4.78 is 6.02. The summed E-state index contributed by atoms with van der Waals surface area (Å²) in [5.74, 6) is 0.533. The summed E-state index contributed by atoms with van der Waals surface area (Å²) >= 11 is 16.6. The lowest BCUT2D eigenvalue weighted by Crippen LogP contribution is -2.45. The van der Waals surface area contributed by atoms with Crippen LogP contribution in [0.25, 0.3) is 11.3 Å². The van der Waals surface area contributed by atoms with Gasteiger partial charge in [0.1, 0.15) is 23.2 Å². The van der Waals surface area contributed by atoms with Gasteiger partial charge in [0.05, 0.1) is 15.1 Å². The third-order valence-corrected chi connectivity index (χ3v) is 5.63. The molecule has 1 N–H and O–H groups in total. The minimum atomic E-state index is -0.675. The number of halogens is 2. The normalized spacial score (nSPS) is 16.6. The third-order valence-electron chi connectivity index (χ3n) is 4.45. The molecule has 2 heterocycles. The fraction of sp³-hybridized carbons (Fsp3) is 0.0476. The van der Waals surface area contributed by atoms with Gasteiger partial charge in [0.2, 0.25) is 0 Å². The molecule has 0 saturated carbocycles. The number of thiol groups is 1. The lowest BCUT2D eigenvalue weighted by atomic mass is 10.1. The molecule has 1 atom stereocenters. The maximum Gasteiger partial charge on any atom is 0.266 e. The maximum atomic E-state index is 12.4. The number of benzene rings is 2. The van der Waals surface area contributed by atoms with Crippen LogP contribution in [0, 0.1) is 11.3 Å². The molecule has 0 bridgehead atoms. The number of nitriles is 1. The fourth-order valence-corrected chi connectivity index (χ4v) is 3.75. The molecule has 3 aromatic rings. The topological polar surface area (TPSA) is 69.3 Å². The molecule has 0 unspecified atom stereocenters. The molecular formula is C21H13Cl2N3O2S. The standard InChI is InChI=1S/C21H13Cl2N3O2S/c22-15-7-6-12(10-16(15)23)17-8-9-18(28-17)19-25-20(27)14(11-24)21(29)26(19)13-4-2-1-3-5-13/h1-10,19,29H,(H,25,27)/t19-/m1/s1. The number of hydrogen-bond donors (Lipinski definition) is 2. The van der Waals surface area contributed by atoms with Gasteiger partial charge >= 0.3 is 0 Å². The average Bonchev–Trinajstić information content (AvgIpc) is 3.21. The molecule has 0 fully saturated rings. The van der Waals surface area contributed by atoms with Crippen LogP contribution >= 0.6 is 35.8 Å². The summed E-state index contributed by atoms with van der Waals surface area (Å²) in [6.45, 7) is 0. The van der Waals surface area contributed by atoms with Crippen LogP contribution < -0.4 is 10.2 Å². The number of hydrogen-bond acceptors (Lipinski definition) is 5. The van der Waals surface area contributed by atoms with E-state index in [0.717, 1.165) is 11.3 Å². The van der Waals surface area contributed by atoms with Crippen LogP contribution in [0.4, 0.5) is 5.69 Å². The highest BCUT2D eigenvalue weighted by Gasteiger charge is 2.35. The van der Waals surface area contributed by atoms with Crippen LogP contribution in [0.3, 0.4) is 0 Å². The van der Waals surface area contributed by atoms with Crippen molar-refractivity contribution in [2.45, 2.75) is 6.17 Å². The first kappa shape index (κ1) is 19.5. The Kier molecular flexibility index (Phi) is 5.29. The van der Waals surface area contributed by atoms with E-state index in [0.29, 0.717) is 21.6 Å². The molecule has 0 radical (unpaired) electrons. The van der Waals surface area contributed by atoms with Crippen molar-refractivity contribution in [1.29, 1.82) is 5.26 Å². The Balaban J connectivity index is 1.78. The first-order valence-electron chi connectivity index (χ1n) is 8.53. The van der Waals surface area contributed by atoms with E-state index in [1.807, 2.05) is 36.4 Å². The maximum absolute atomic E-state index is 12.4. The molecule has 0 spiro atoms. The summed E-state index contributed by atoms with van der Waals surface area (Å²) in [5.41, 5.74) is 1.44. The molecule has 4 rings (SSSR count). The van der Waals surface area contributed by atoms with E-state index in [2.05, 4.69) is 17.9 Å². The summed E-state index contributed by atoms with van der Waals surface area (Å²) in [5, 5.41) is 13.3. The Morgan fingerprint density at radius 3 is 2.52 bits per heavy atom. The van der Waals surface area contributed by atoms with Gasteiger partial charge in [-0.2, -0.15) is 5.26 Å². The zero-order valence-electron chi connectivity index (χ0n) is 14.8. The van der Waals surface area contributed by atoms with Gasteiger partial charge in [0.15, 0.2) is 6.17 Å². The van der Waals surface area contributed by atoms with Crippen molar-refractivity contribution in [3.05, 3.63) is 87.1 Å². The van der Waals surface area contributed by atoms with Crippen molar-refractivity contribution in [2.24, 2.45) is 0 Å². The van der Waals surface area contributed by atoms with Gasteiger partial charge in [-0.15, -0.1) is 12.6 Å². The van der Waals surface area contributed by atoms with E-state index < -0.39 is 12.1 Å². The number of rotatable bonds is 3. The Bertz CT molecular complexity index is 1170. The number of nitrogens with one attached hydrogen (secondary N) is 1. The summed E-state index contributed by atoms with van der Waals surface area (Å²) in [7, 11) is 0. The number of amides is 1. The first-order valence-corrected chi connectivity index (χ1v) is 9.73. The highest BCUT2D eigenvalue weighted by molar-refractivity contribution is 7.84. The lowest BCUT2D eigenvalue weighted by Gasteiger charge is -2.36. The van der Waals surface area contributed by atoms with E-state index in [1.165, 1.54) is 0 Å². The van der Waals surface area contributed by atoms with Crippen LogP contribution in [0.15, 0.2) is 75.7 Å². The number of furan rings is 1. The van der Waals surface area contributed by atoms with E-state index in [4.69, 9.17) is 27.6 Å². The predicted molar refractivity (Wildman–Crippen MR) is 116 cm³/mol. The largest absolute Gasteiger partial charge is 0.457 e. The van der Waals surface area contributed by atoms with Crippen molar-refractivity contribution < 1.29 is 9.21 Å². The van der Waals surface area contributed by atoms with Gasteiger partial charge in [0, 0.05) is 11.3 Å². The van der Waals surface area contributed by atoms with Crippen LogP contribution in [0.1, 0.15) is 11.9 Å². The SMILES string of the molecule is N#CC1=C(S)N(c2ccccc2)[C@H](c2ccc(-c3ccc(Cl)c(Cl)c3)o2)NC1=O. The van der Waals surface area contributed by atoms with Crippen LogP contribution in [-0.2, 0) is 4.79 Å². The molecule has 0 saturated heterocycles. The van der Waals surface area contributed by atoms with E-state index in [1.54, 1.807) is 35.2 Å². The summed E-state index contributed by atoms with van der Waals surface area (Å²) in [4.78, 5) is 14.2. The van der Waals surface area contributed by atoms with Crippen molar-refractivity contribution >= 4 is 47.4 Å².